The molecule has 0 spiro atoms. The summed E-state index contributed by atoms with van der Waals surface area (Å²) < 4.78 is 6.96. The first-order valence-electron chi connectivity index (χ1n) is 8.18. The predicted molar refractivity (Wildman–Crippen MR) is 98.7 cm³/mol. The lowest BCUT2D eigenvalue weighted by Gasteiger charge is -2.03. The van der Waals surface area contributed by atoms with E-state index in [0.29, 0.717) is 11.3 Å². The monoisotopic (exact) mass is 349 g/mol. The van der Waals surface area contributed by atoms with E-state index in [1.807, 2.05) is 49.7 Å². The van der Waals surface area contributed by atoms with Crippen molar-refractivity contribution >= 4 is 28.9 Å². The highest BCUT2D eigenvalue weighted by atomic mass is 16.5. The van der Waals surface area contributed by atoms with Gasteiger partial charge in [-0.3, -0.25) is 9.78 Å². The van der Waals surface area contributed by atoms with E-state index in [-0.39, 0.29) is 12.4 Å². The van der Waals surface area contributed by atoms with E-state index in [9.17, 15) is 9.59 Å². The van der Waals surface area contributed by atoms with Crippen molar-refractivity contribution in [3.63, 3.8) is 0 Å². The van der Waals surface area contributed by atoms with Crippen molar-refractivity contribution in [1.82, 2.24) is 14.5 Å². The van der Waals surface area contributed by atoms with Crippen LogP contribution in [0.2, 0.25) is 0 Å². The normalized spacial score (nSPS) is 11.2. The van der Waals surface area contributed by atoms with Crippen molar-refractivity contribution in [2.75, 3.05) is 6.61 Å². The van der Waals surface area contributed by atoms with Gasteiger partial charge in [0.2, 0.25) is 5.78 Å². The number of carbonyl (C=O) groups excluding carboxylic acids is 2. The van der Waals surface area contributed by atoms with Crippen LogP contribution >= 0.6 is 0 Å². The molecule has 0 N–H and O–H groups in total. The van der Waals surface area contributed by atoms with Gasteiger partial charge in [0.05, 0.1) is 22.9 Å². The van der Waals surface area contributed by atoms with Gasteiger partial charge in [0, 0.05) is 30.1 Å². The first-order chi connectivity index (χ1) is 12.5. The maximum atomic E-state index is 12.2. The number of fused-ring (bicyclic) bond motifs is 1. The molecule has 3 aromatic rings. The molecule has 0 saturated heterocycles. The van der Waals surface area contributed by atoms with Crippen LogP contribution in [-0.2, 0) is 16.6 Å². The maximum Gasteiger partial charge on any atom is 0.331 e. The van der Waals surface area contributed by atoms with E-state index in [0.717, 1.165) is 22.4 Å². The number of hydrogen-bond donors (Lipinski definition) is 0. The van der Waals surface area contributed by atoms with Gasteiger partial charge >= 0.3 is 5.97 Å². The number of ether oxygens (including phenoxy) is 1. The molecule has 0 amide bonds. The average Bonchev–Trinajstić information content (AvgIpc) is 2.91. The molecule has 1 aromatic carbocycles. The minimum atomic E-state index is -0.599. The van der Waals surface area contributed by atoms with Crippen LogP contribution in [0, 0.1) is 13.8 Å². The fourth-order valence-electron chi connectivity index (χ4n) is 2.61. The molecule has 0 unspecified atom stereocenters. The molecular weight excluding hydrogens is 330 g/mol. The summed E-state index contributed by atoms with van der Waals surface area (Å²) in [4.78, 5) is 32.7. The standard InChI is InChI=1S/C20H19N3O3/c1-13-10-16(14(2)23(13)3)19(24)12-26-20(25)9-8-15-11-21-17-6-4-5-7-18(17)22-15/h4-11H,12H2,1-3H3/b9-8+. The van der Waals surface area contributed by atoms with Gasteiger partial charge in [0.15, 0.2) is 6.61 Å². The number of aryl methyl sites for hydroxylation is 1. The Morgan fingerprint density at radius 1 is 1.19 bits per heavy atom. The number of para-hydroxylation sites is 2. The zero-order valence-corrected chi connectivity index (χ0v) is 14.9. The minimum absolute atomic E-state index is 0.224. The van der Waals surface area contributed by atoms with Crippen molar-refractivity contribution in [2.24, 2.45) is 7.05 Å². The fourth-order valence-corrected chi connectivity index (χ4v) is 2.61. The van der Waals surface area contributed by atoms with Crippen LogP contribution in [-0.4, -0.2) is 32.9 Å². The van der Waals surface area contributed by atoms with Gasteiger partial charge < -0.3 is 9.30 Å². The molecule has 0 bridgehead atoms. The van der Waals surface area contributed by atoms with Gasteiger partial charge in [-0.1, -0.05) is 12.1 Å². The molecule has 0 fully saturated rings. The Kier molecular flexibility index (Phi) is 4.93. The highest BCUT2D eigenvalue weighted by Gasteiger charge is 2.15. The highest BCUT2D eigenvalue weighted by Crippen LogP contribution is 2.14. The minimum Gasteiger partial charge on any atom is -0.454 e. The van der Waals surface area contributed by atoms with Crippen LogP contribution in [0.4, 0.5) is 0 Å². The van der Waals surface area contributed by atoms with Crippen LogP contribution in [0.3, 0.4) is 0 Å². The summed E-state index contributed by atoms with van der Waals surface area (Å²) in [5, 5.41) is 0. The molecule has 2 aromatic heterocycles. The number of nitrogens with zero attached hydrogens (tertiary/aromatic N) is 3. The SMILES string of the molecule is Cc1cc(C(=O)COC(=O)/C=C/c2cnc3ccccc3n2)c(C)n1C. The second kappa shape index (κ2) is 7.31. The van der Waals surface area contributed by atoms with Gasteiger partial charge in [-0.25, -0.2) is 9.78 Å². The smallest absolute Gasteiger partial charge is 0.331 e. The predicted octanol–water partition coefficient (Wildman–Crippen LogP) is 3.02. The third kappa shape index (κ3) is 3.69. The van der Waals surface area contributed by atoms with E-state index >= 15 is 0 Å². The molecule has 0 aliphatic rings. The van der Waals surface area contributed by atoms with Crippen molar-refractivity contribution in [2.45, 2.75) is 13.8 Å². The number of aromatic nitrogens is 3. The summed E-state index contributed by atoms with van der Waals surface area (Å²) >= 11 is 0. The third-order valence-corrected chi connectivity index (χ3v) is 4.28. The number of carbonyl (C=O) groups is 2. The van der Waals surface area contributed by atoms with Crippen LogP contribution < -0.4 is 0 Å². The zero-order chi connectivity index (χ0) is 18.7. The van der Waals surface area contributed by atoms with Gasteiger partial charge in [0.1, 0.15) is 0 Å². The number of esters is 1. The summed E-state index contributed by atoms with van der Waals surface area (Å²) in [7, 11) is 1.89. The average molecular weight is 349 g/mol. The molecular formula is C20H19N3O3. The summed E-state index contributed by atoms with van der Waals surface area (Å²) in [6, 6.07) is 9.27. The lowest BCUT2D eigenvalue weighted by Crippen LogP contribution is -2.13. The van der Waals surface area contributed by atoms with Crippen molar-refractivity contribution in [3.05, 3.63) is 65.2 Å². The van der Waals surface area contributed by atoms with E-state index in [4.69, 9.17) is 4.74 Å². The quantitative estimate of drug-likeness (QED) is 0.402. The molecule has 3 rings (SSSR count). The molecule has 0 atom stereocenters. The molecule has 6 heteroatoms. The van der Waals surface area contributed by atoms with Crippen molar-refractivity contribution < 1.29 is 14.3 Å². The Morgan fingerprint density at radius 3 is 2.62 bits per heavy atom. The van der Waals surface area contributed by atoms with Gasteiger partial charge in [-0.15, -0.1) is 0 Å². The van der Waals surface area contributed by atoms with Crippen molar-refractivity contribution in [1.29, 1.82) is 0 Å². The van der Waals surface area contributed by atoms with Gasteiger partial charge in [-0.2, -0.15) is 0 Å². The molecule has 132 valence electrons. The van der Waals surface area contributed by atoms with Gasteiger partial charge in [0.25, 0.3) is 0 Å². The van der Waals surface area contributed by atoms with E-state index in [1.54, 1.807) is 12.3 Å². The first-order valence-corrected chi connectivity index (χ1v) is 8.18. The van der Waals surface area contributed by atoms with Crippen LogP contribution in [0.5, 0.6) is 0 Å². The number of rotatable bonds is 5. The molecule has 0 aliphatic carbocycles. The number of hydrogen-bond acceptors (Lipinski definition) is 5. The molecule has 0 saturated carbocycles. The Hall–Kier alpha value is -3.28. The summed E-state index contributed by atoms with van der Waals surface area (Å²) in [5.74, 6) is -0.822. The summed E-state index contributed by atoms with van der Waals surface area (Å²) in [6.07, 6.45) is 4.34. The Morgan fingerprint density at radius 2 is 1.92 bits per heavy atom. The molecule has 26 heavy (non-hydrogen) atoms. The second-order valence-electron chi connectivity index (χ2n) is 5.99. The summed E-state index contributed by atoms with van der Waals surface area (Å²) in [5.41, 5.74) is 4.47. The molecule has 0 aliphatic heterocycles. The first kappa shape index (κ1) is 17.5. The molecule has 0 radical (unpaired) electrons. The fraction of sp³-hybridized carbons (Fsp3) is 0.200. The Bertz CT molecular complexity index is 1020. The second-order valence-corrected chi connectivity index (χ2v) is 5.99. The van der Waals surface area contributed by atoms with E-state index < -0.39 is 5.97 Å². The lowest BCUT2D eigenvalue weighted by molar-refractivity contribution is -0.136. The molecule has 2 heterocycles. The van der Waals surface area contributed by atoms with Crippen LogP contribution in [0.1, 0.15) is 27.4 Å². The number of benzene rings is 1. The number of Topliss-reactive ketones (excluding diaryl/α,β-unsaturated/α-hetero) is 1. The third-order valence-electron chi connectivity index (χ3n) is 4.28. The molecule has 6 nitrogen and oxygen atoms in total. The maximum absolute atomic E-state index is 12.2. The highest BCUT2D eigenvalue weighted by molar-refractivity contribution is 6.00. The van der Waals surface area contributed by atoms with Gasteiger partial charge in [-0.05, 0) is 38.1 Å². The number of ketones is 1. The largest absolute Gasteiger partial charge is 0.454 e. The van der Waals surface area contributed by atoms with Crippen LogP contribution in [0.15, 0.2) is 42.6 Å². The Balaban J connectivity index is 1.61. The van der Waals surface area contributed by atoms with Crippen molar-refractivity contribution in [3.8, 4) is 0 Å². The lowest BCUT2D eigenvalue weighted by atomic mass is 10.1. The topological polar surface area (TPSA) is 74.1 Å². The van der Waals surface area contributed by atoms with Crippen LogP contribution in [0.25, 0.3) is 17.1 Å². The van der Waals surface area contributed by atoms with E-state index in [1.165, 1.54) is 12.2 Å². The van der Waals surface area contributed by atoms with E-state index in [2.05, 4.69) is 9.97 Å². The Labute approximate surface area is 151 Å². The summed E-state index contributed by atoms with van der Waals surface area (Å²) in [6.45, 7) is 3.49. The zero-order valence-electron chi connectivity index (χ0n) is 14.9.